The van der Waals surface area contributed by atoms with Gasteiger partial charge in [0.25, 0.3) is 0 Å². The maximum absolute atomic E-state index is 9.26. The maximum atomic E-state index is 9.26. The lowest BCUT2D eigenvalue weighted by atomic mass is 9.93. The van der Waals surface area contributed by atoms with Crippen molar-refractivity contribution in [3.05, 3.63) is 35.4 Å². The number of hydrogen-bond donors (Lipinski definition) is 1. The van der Waals surface area contributed by atoms with Crippen molar-refractivity contribution in [2.45, 2.75) is 31.6 Å². The van der Waals surface area contributed by atoms with Crippen LogP contribution in [0.25, 0.3) is 0 Å². The van der Waals surface area contributed by atoms with Crippen LogP contribution < -0.4 is 0 Å². The van der Waals surface area contributed by atoms with Crippen molar-refractivity contribution < 1.29 is 5.11 Å². The van der Waals surface area contributed by atoms with E-state index in [-0.39, 0.29) is 0 Å². The van der Waals surface area contributed by atoms with Crippen molar-refractivity contribution in [1.29, 1.82) is 0 Å². The molecule has 1 nitrogen and oxygen atoms in total. The topological polar surface area (TPSA) is 20.2 Å². The lowest BCUT2D eigenvalue weighted by molar-refractivity contribution is 0.258. The van der Waals surface area contributed by atoms with Gasteiger partial charge < -0.3 is 5.11 Å². The molecule has 13 heavy (non-hydrogen) atoms. The summed E-state index contributed by atoms with van der Waals surface area (Å²) in [4.78, 5) is 0. The summed E-state index contributed by atoms with van der Waals surface area (Å²) in [5.74, 6) is 0.388. The molecule has 0 amide bonds. The number of aliphatic hydroxyl groups is 1. The van der Waals surface area contributed by atoms with E-state index in [1.165, 1.54) is 30.4 Å². The highest BCUT2D eigenvalue weighted by molar-refractivity contribution is 5.31. The molecule has 0 spiro atoms. The molecule has 1 unspecified atom stereocenters. The number of rotatable bonds is 1. The first kappa shape index (κ1) is 8.76. The van der Waals surface area contributed by atoms with Gasteiger partial charge in [0, 0.05) is 12.5 Å². The van der Waals surface area contributed by atoms with Crippen LogP contribution in [0.4, 0.5) is 0 Å². The Balaban J connectivity index is 2.35. The second-order valence-electron chi connectivity index (χ2n) is 3.82. The minimum Gasteiger partial charge on any atom is -0.396 e. The number of hydrogen-bond acceptors (Lipinski definition) is 1. The Morgan fingerprint density at radius 3 is 2.92 bits per heavy atom. The van der Waals surface area contributed by atoms with Crippen molar-refractivity contribution in [1.82, 2.24) is 0 Å². The third-order valence-corrected chi connectivity index (χ3v) is 2.96. The van der Waals surface area contributed by atoms with Crippen molar-refractivity contribution in [3.63, 3.8) is 0 Å². The molecule has 0 radical (unpaired) electrons. The SMILES string of the molecule is OCC1CCCCc2ccccc21. The van der Waals surface area contributed by atoms with Crippen molar-refractivity contribution in [2.24, 2.45) is 0 Å². The molecule has 0 aliphatic heterocycles. The monoisotopic (exact) mass is 176 g/mol. The first-order chi connectivity index (χ1) is 6.42. The van der Waals surface area contributed by atoms with Crippen LogP contribution in [0.3, 0.4) is 0 Å². The molecular formula is C12H16O. The molecule has 0 heterocycles. The molecule has 0 aromatic heterocycles. The van der Waals surface area contributed by atoms with E-state index in [0.717, 1.165) is 6.42 Å². The second kappa shape index (κ2) is 3.93. The predicted molar refractivity (Wildman–Crippen MR) is 53.8 cm³/mol. The summed E-state index contributed by atoms with van der Waals surface area (Å²) >= 11 is 0. The normalized spacial score (nSPS) is 22.1. The Hall–Kier alpha value is -0.820. The smallest absolute Gasteiger partial charge is 0.0499 e. The second-order valence-corrected chi connectivity index (χ2v) is 3.82. The molecule has 0 saturated carbocycles. The largest absolute Gasteiger partial charge is 0.396 e. The van der Waals surface area contributed by atoms with Gasteiger partial charge >= 0.3 is 0 Å². The molecule has 1 atom stereocenters. The highest BCUT2D eigenvalue weighted by Crippen LogP contribution is 2.29. The summed E-state index contributed by atoms with van der Waals surface area (Å²) in [6.45, 7) is 0.303. The van der Waals surface area contributed by atoms with Crippen LogP contribution in [-0.4, -0.2) is 11.7 Å². The Labute approximate surface area is 79.4 Å². The van der Waals surface area contributed by atoms with Gasteiger partial charge in [0.2, 0.25) is 0 Å². The predicted octanol–water partition coefficient (Wildman–Crippen LogP) is 2.49. The average Bonchev–Trinajstić information content (AvgIpc) is 2.39. The van der Waals surface area contributed by atoms with Gasteiger partial charge in [0.15, 0.2) is 0 Å². The molecule has 0 bridgehead atoms. The van der Waals surface area contributed by atoms with Crippen LogP contribution in [0.2, 0.25) is 0 Å². The van der Waals surface area contributed by atoms with Gasteiger partial charge in [0.1, 0.15) is 0 Å². The van der Waals surface area contributed by atoms with E-state index < -0.39 is 0 Å². The molecule has 0 saturated heterocycles. The highest BCUT2D eigenvalue weighted by Gasteiger charge is 2.16. The number of aryl methyl sites for hydroxylation is 1. The fourth-order valence-electron chi connectivity index (χ4n) is 2.21. The fraction of sp³-hybridized carbons (Fsp3) is 0.500. The van der Waals surface area contributed by atoms with Gasteiger partial charge in [-0.3, -0.25) is 0 Å². The Bertz CT molecular complexity index is 280. The first-order valence-corrected chi connectivity index (χ1v) is 5.10. The summed E-state index contributed by atoms with van der Waals surface area (Å²) in [5.41, 5.74) is 2.82. The zero-order valence-corrected chi connectivity index (χ0v) is 7.87. The lowest BCUT2D eigenvalue weighted by Crippen LogP contribution is -2.04. The molecule has 2 rings (SSSR count). The van der Waals surface area contributed by atoms with Crippen molar-refractivity contribution >= 4 is 0 Å². The molecule has 0 fully saturated rings. The van der Waals surface area contributed by atoms with E-state index in [4.69, 9.17) is 0 Å². The van der Waals surface area contributed by atoms with Crippen LogP contribution in [-0.2, 0) is 6.42 Å². The lowest BCUT2D eigenvalue weighted by Gasteiger charge is -2.13. The van der Waals surface area contributed by atoms with E-state index in [0.29, 0.717) is 12.5 Å². The third-order valence-electron chi connectivity index (χ3n) is 2.96. The van der Waals surface area contributed by atoms with E-state index >= 15 is 0 Å². The van der Waals surface area contributed by atoms with Crippen LogP contribution in [0, 0.1) is 0 Å². The van der Waals surface area contributed by atoms with Gasteiger partial charge in [-0.2, -0.15) is 0 Å². The zero-order chi connectivity index (χ0) is 9.10. The Morgan fingerprint density at radius 2 is 2.08 bits per heavy atom. The standard InChI is InChI=1S/C12H16O/c13-9-11-7-2-1-5-10-6-3-4-8-12(10)11/h3-4,6,8,11,13H,1-2,5,7,9H2. The highest BCUT2D eigenvalue weighted by atomic mass is 16.3. The molecule has 70 valence electrons. The number of aliphatic hydroxyl groups excluding tert-OH is 1. The molecule has 1 aliphatic rings. The number of fused-ring (bicyclic) bond motifs is 1. The summed E-state index contributed by atoms with van der Waals surface area (Å²) < 4.78 is 0. The minimum atomic E-state index is 0.303. The maximum Gasteiger partial charge on any atom is 0.0499 e. The summed E-state index contributed by atoms with van der Waals surface area (Å²) in [6.07, 6.45) is 4.85. The van der Waals surface area contributed by atoms with Crippen molar-refractivity contribution in [2.75, 3.05) is 6.61 Å². The van der Waals surface area contributed by atoms with Gasteiger partial charge in [-0.05, 0) is 30.4 Å². The quantitative estimate of drug-likeness (QED) is 0.652. The van der Waals surface area contributed by atoms with E-state index in [1.807, 2.05) is 0 Å². The van der Waals surface area contributed by atoms with Gasteiger partial charge in [0.05, 0.1) is 0 Å². The summed E-state index contributed by atoms with van der Waals surface area (Å²) in [6, 6.07) is 8.54. The molecule has 1 aromatic carbocycles. The van der Waals surface area contributed by atoms with Crippen LogP contribution >= 0.6 is 0 Å². The molecule has 1 aliphatic carbocycles. The van der Waals surface area contributed by atoms with Crippen LogP contribution in [0.1, 0.15) is 36.3 Å². The Morgan fingerprint density at radius 1 is 1.23 bits per heavy atom. The minimum absolute atomic E-state index is 0.303. The van der Waals surface area contributed by atoms with E-state index in [1.54, 1.807) is 0 Å². The Kier molecular flexibility index (Phi) is 2.65. The summed E-state index contributed by atoms with van der Waals surface area (Å²) in [5, 5.41) is 9.26. The zero-order valence-electron chi connectivity index (χ0n) is 7.87. The van der Waals surface area contributed by atoms with Crippen molar-refractivity contribution in [3.8, 4) is 0 Å². The molecule has 1 N–H and O–H groups in total. The van der Waals surface area contributed by atoms with E-state index in [2.05, 4.69) is 24.3 Å². The van der Waals surface area contributed by atoms with Crippen LogP contribution in [0.5, 0.6) is 0 Å². The average molecular weight is 176 g/mol. The van der Waals surface area contributed by atoms with Crippen LogP contribution in [0.15, 0.2) is 24.3 Å². The summed E-state index contributed by atoms with van der Waals surface area (Å²) in [7, 11) is 0. The van der Waals surface area contributed by atoms with Gasteiger partial charge in [-0.15, -0.1) is 0 Å². The van der Waals surface area contributed by atoms with E-state index in [9.17, 15) is 5.11 Å². The van der Waals surface area contributed by atoms with Gasteiger partial charge in [-0.25, -0.2) is 0 Å². The van der Waals surface area contributed by atoms with Gasteiger partial charge in [-0.1, -0.05) is 30.7 Å². The fourth-order valence-corrected chi connectivity index (χ4v) is 2.21. The molecular weight excluding hydrogens is 160 g/mol. The number of benzene rings is 1. The molecule has 1 heteroatoms. The molecule has 1 aromatic rings. The third kappa shape index (κ3) is 1.75. The first-order valence-electron chi connectivity index (χ1n) is 5.10.